The molecule has 0 atom stereocenters. The van der Waals surface area contributed by atoms with Gasteiger partial charge in [-0.1, -0.05) is 11.8 Å². The molecule has 6 heteroatoms. The molecule has 1 aliphatic heterocycles. The molecule has 0 radical (unpaired) electrons. The molecule has 0 aromatic rings. The van der Waals surface area contributed by atoms with Crippen LogP contribution in [-0.2, 0) is 0 Å². The number of nitrogens with two attached hydrogens (primary N) is 1. The van der Waals surface area contributed by atoms with E-state index in [-0.39, 0.29) is 39.1 Å². The topological polar surface area (TPSA) is 53.1 Å². The van der Waals surface area contributed by atoms with E-state index in [4.69, 9.17) is 11.1 Å². The van der Waals surface area contributed by atoms with Crippen LogP contribution in [0.2, 0.25) is 0 Å². The van der Waals surface area contributed by atoms with Crippen LogP contribution < -0.4 is 5.73 Å². The van der Waals surface area contributed by atoms with E-state index in [0.717, 1.165) is 5.75 Å². The van der Waals surface area contributed by atoms with Gasteiger partial charge < -0.3 is 10.6 Å². The van der Waals surface area contributed by atoms with Gasteiger partial charge in [-0.15, -0.1) is 34.0 Å². The van der Waals surface area contributed by atoms with E-state index in [0.29, 0.717) is 0 Å². The smallest absolute Gasteiger partial charge is 0.151 e. The van der Waals surface area contributed by atoms with Crippen molar-refractivity contribution in [2.24, 2.45) is 5.73 Å². The van der Waals surface area contributed by atoms with E-state index < -0.39 is 0 Å². The van der Waals surface area contributed by atoms with Crippen LogP contribution >= 0.6 is 45.7 Å². The molecule has 0 unspecified atom stereocenters. The largest absolute Gasteiger partial charge is 0.379 e. The van der Waals surface area contributed by atoms with E-state index >= 15 is 0 Å². The van der Waals surface area contributed by atoms with Crippen molar-refractivity contribution in [3.8, 4) is 0 Å². The molecule has 1 heterocycles. The molecule has 15 heavy (non-hydrogen) atoms. The minimum absolute atomic E-state index is 0. The number of nitrogens with one attached hydrogen (secondary N) is 1. The highest BCUT2D eigenvalue weighted by molar-refractivity contribution is 8.93. The Hall–Kier alpha value is 0.740. The number of hydrogen-bond acceptors (Lipinski definition) is 3. The summed E-state index contributed by atoms with van der Waals surface area (Å²) in [5, 5.41) is 7.28. The molecule has 0 aliphatic carbocycles. The van der Waals surface area contributed by atoms with Gasteiger partial charge in [-0.3, -0.25) is 5.41 Å². The maximum atomic E-state index is 7.03. The number of unbranched alkanes of at least 4 members (excludes halogenated alkanes) is 1. The summed E-state index contributed by atoms with van der Waals surface area (Å²) >= 11 is 1.46. The minimum atomic E-state index is 0. The Morgan fingerprint density at radius 1 is 1.20 bits per heavy atom. The van der Waals surface area contributed by atoms with E-state index in [2.05, 4.69) is 4.90 Å². The summed E-state index contributed by atoms with van der Waals surface area (Å²) in [6, 6.07) is 0. The molecule has 1 saturated heterocycles. The van der Waals surface area contributed by atoms with Crippen molar-refractivity contribution >= 4 is 50.9 Å². The quantitative estimate of drug-likeness (QED) is 0.449. The van der Waals surface area contributed by atoms with Gasteiger partial charge in [0.1, 0.15) is 0 Å². The van der Waals surface area contributed by atoms with Crippen LogP contribution in [0.3, 0.4) is 0 Å². The fourth-order valence-electron chi connectivity index (χ4n) is 1.63. The van der Waals surface area contributed by atoms with Gasteiger partial charge in [0.2, 0.25) is 0 Å². The van der Waals surface area contributed by atoms with E-state index in [9.17, 15) is 0 Å². The highest BCUT2D eigenvalue weighted by Gasteiger charge is 2.09. The SMILES string of the molecule is Br.Br.N=C(N)SCCCCN1CCCC1. The number of nitrogens with zero attached hydrogens (tertiary/aromatic N) is 1. The molecule has 0 saturated carbocycles. The lowest BCUT2D eigenvalue weighted by atomic mass is 10.3. The summed E-state index contributed by atoms with van der Waals surface area (Å²) in [5.41, 5.74) is 5.23. The highest BCUT2D eigenvalue weighted by Crippen LogP contribution is 2.09. The molecular formula is C9H21Br2N3S. The van der Waals surface area contributed by atoms with Crippen LogP contribution in [0.5, 0.6) is 0 Å². The second-order valence-corrected chi connectivity index (χ2v) is 4.61. The van der Waals surface area contributed by atoms with Crippen LogP contribution in [0.1, 0.15) is 25.7 Å². The molecule has 3 nitrogen and oxygen atoms in total. The summed E-state index contributed by atoms with van der Waals surface area (Å²) < 4.78 is 0. The fourth-order valence-corrected chi connectivity index (χ4v) is 2.19. The third-order valence-electron chi connectivity index (χ3n) is 2.32. The molecule has 1 aliphatic rings. The van der Waals surface area contributed by atoms with Crippen molar-refractivity contribution in [2.45, 2.75) is 25.7 Å². The van der Waals surface area contributed by atoms with Gasteiger partial charge >= 0.3 is 0 Å². The van der Waals surface area contributed by atoms with Gasteiger partial charge in [0.15, 0.2) is 5.17 Å². The zero-order valence-electron chi connectivity index (χ0n) is 8.91. The first-order valence-corrected chi connectivity index (χ1v) is 5.97. The van der Waals surface area contributed by atoms with Crippen molar-refractivity contribution < 1.29 is 0 Å². The molecule has 0 bridgehead atoms. The van der Waals surface area contributed by atoms with Crippen molar-refractivity contribution in [1.82, 2.24) is 4.90 Å². The molecule has 92 valence electrons. The predicted octanol–water partition coefficient (Wildman–Crippen LogP) is 2.64. The van der Waals surface area contributed by atoms with Crippen LogP contribution in [0, 0.1) is 5.41 Å². The van der Waals surface area contributed by atoms with Gasteiger partial charge in [-0.25, -0.2) is 0 Å². The summed E-state index contributed by atoms with van der Waals surface area (Å²) in [6.45, 7) is 3.82. The second-order valence-electron chi connectivity index (χ2n) is 3.47. The van der Waals surface area contributed by atoms with Crippen molar-refractivity contribution in [3.05, 3.63) is 0 Å². The van der Waals surface area contributed by atoms with Crippen molar-refractivity contribution in [1.29, 1.82) is 5.41 Å². The van der Waals surface area contributed by atoms with E-state index in [1.165, 1.54) is 57.1 Å². The lowest BCUT2D eigenvalue weighted by molar-refractivity contribution is 0.333. The Morgan fingerprint density at radius 2 is 1.80 bits per heavy atom. The summed E-state index contributed by atoms with van der Waals surface area (Å²) in [5.74, 6) is 1.00. The summed E-state index contributed by atoms with van der Waals surface area (Å²) in [4.78, 5) is 2.53. The molecule has 0 aromatic heterocycles. The molecule has 3 N–H and O–H groups in total. The number of thioether (sulfide) groups is 1. The number of hydrogen-bond donors (Lipinski definition) is 2. The monoisotopic (exact) mass is 361 g/mol. The Balaban J connectivity index is 0. The minimum Gasteiger partial charge on any atom is -0.379 e. The zero-order chi connectivity index (χ0) is 9.52. The predicted molar refractivity (Wildman–Crippen MR) is 79.9 cm³/mol. The van der Waals surface area contributed by atoms with Crippen molar-refractivity contribution in [2.75, 3.05) is 25.4 Å². The maximum Gasteiger partial charge on any atom is 0.151 e. The lowest BCUT2D eigenvalue weighted by Gasteiger charge is -2.13. The highest BCUT2D eigenvalue weighted by atomic mass is 79.9. The Labute approximate surface area is 118 Å². The normalized spacial score (nSPS) is 15.5. The fraction of sp³-hybridized carbons (Fsp3) is 0.889. The van der Waals surface area contributed by atoms with Crippen LogP contribution in [-0.4, -0.2) is 35.5 Å². The van der Waals surface area contributed by atoms with E-state index in [1.807, 2.05) is 0 Å². The first-order chi connectivity index (χ1) is 6.29. The Bertz CT molecular complexity index is 163. The third kappa shape index (κ3) is 9.66. The van der Waals surface area contributed by atoms with E-state index in [1.54, 1.807) is 0 Å². The molecule has 0 aromatic carbocycles. The average molecular weight is 363 g/mol. The first kappa shape index (κ1) is 18.1. The molecule has 1 fully saturated rings. The third-order valence-corrected chi connectivity index (χ3v) is 3.13. The van der Waals surface area contributed by atoms with Gasteiger partial charge in [0, 0.05) is 5.75 Å². The van der Waals surface area contributed by atoms with Gasteiger partial charge in [0.25, 0.3) is 0 Å². The first-order valence-electron chi connectivity index (χ1n) is 4.98. The lowest BCUT2D eigenvalue weighted by Crippen LogP contribution is -2.20. The average Bonchev–Trinajstić information content (AvgIpc) is 2.55. The van der Waals surface area contributed by atoms with Crippen LogP contribution in [0.15, 0.2) is 0 Å². The van der Waals surface area contributed by atoms with Gasteiger partial charge in [0.05, 0.1) is 0 Å². The number of amidine groups is 1. The Kier molecular flexibility index (Phi) is 13.6. The maximum absolute atomic E-state index is 7.03. The number of rotatable bonds is 5. The van der Waals surface area contributed by atoms with Gasteiger partial charge in [-0.2, -0.15) is 0 Å². The summed E-state index contributed by atoms with van der Waals surface area (Å²) in [7, 11) is 0. The standard InChI is InChI=1S/C9H19N3S.2BrH/c10-9(11)13-8-4-3-7-12-5-1-2-6-12;;/h1-8H2,(H3,10,11);2*1H. The number of halogens is 2. The van der Waals surface area contributed by atoms with Gasteiger partial charge in [-0.05, 0) is 45.3 Å². The van der Waals surface area contributed by atoms with Crippen LogP contribution in [0.4, 0.5) is 0 Å². The molecule has 1 rings (SSSR count). The Morgan fingerprint density at radius 3 is 2.33 bits per heavy atom. The zero-order valence-corrected chi connectivity index (χ0v) is 13.1. The second kappa shape index (κ2) is 11.2. The molecule has 0 spiro atoms. The molecular weight excluding hydrogens is 342 g/mol. The molecule has 0 amide bonds. The van der Waals surface area contributed by atoms with Crippen LogP contribution in [0.25, 0.3) is 0 Å². The summed E-state index contributed by atoms with van der Waals surface area (Å²) in [6.07, 6.45) is 5.19. The number of likely N-dealkylation sites (tertiary alicyclic amines) is 1. The van der Waals surface area contributed by atoms with Crippen molar-refractivity contribution in [3.63, 3.8) is 0 Å².